The largest absolute Gasteiger partial charge is 0.456 e. The molecule has 0 amide bonds. The quantitative estimate of drug-likeness (QED) is 0.901. The summed E-state index contributed by atoms with van der Waals surface area (Å²) in [4.78, 5) is 4.41. The Hall–Kier alpha value is -1.55. The maximum absolute atomic E-state index is 5.60. The van der Waals surface area contributed by atoms with Crippen molar-refractivity contribution >= 4 is 0 Å². The summed E-state index contributed by atoms with van der Waals surface area (Å²) in [6.07, 6.45) is 2.54. The molecular weight excluding hydrogens is 228 g/mol. The number of aromatic nitrogens is 1. The SMILES string of the molecule is CCc1ccc(-c2nc(CNC(C)(C)C)co2)o1. The zero-order valence-electron chi connectivity index (χ0n) is 11.4. The van der Waals surface area contributed by atoms with Gasteiger partial charge in [-0.3, -0.25) is 0 Å². The van der Waals surface area contributed by atoms with Crippen molar-refractivity contribution in [1.82, 2.24) is 10.3 Å². The third kappa shape index (κ3) is 3.23. The van der Waals surface area contributed by atoms with E-state index in [0.717, 1.165) is 17.9 Å². The molecule has 2 heterocycles. The van der Waals surface area contributed by atoms with Crippen molar-refractivity contribution < 1.29 is 8.83 Å². The fourth-order valence-electron chi connectivity index (χ4n) is 1.54. The average Bonchev–Trinajstić information content (AvgIpc) is 2.94. The molecule has 0 aromatic carbocycles. The molecule has 2 rings (SSSR count). The molecule has 0 fully saturated rings. The van der Waals surface area contributed by atoms with E-state index >= 15 is 0 Å². The van der Waals surface area contributed by atoms with Crippen LogP contribution in [0.4, 0.5) is 0 Å². The Morgan fingerprint density at radius 3 is 2.67 bits per heavy atom. The summed E-state index contributed by atoms with van der Waals surface area (Å²) in [7, 11) is 0. The van der Waals surface area contributed by atoms with E-state index in [-0.39, 0.29) is 5.54 Å². The number of nitrogens with one attached hydrogen (secondary N) is 1. The molecule has 4 nitrogen and oxygen atoms in total. The molecule has 1 N–H and O–H groups in total. The highest BCUT2D eigenvalue weighted by atomic mass is 16.4. The van der Waals surface area contributed by atoms with Gasteiger partial charge in [-0.2, -0.15) is 0 Å². The smallest absolute Gasteiger partial charge is 0.263 e. The second-order valence-electron chi connectivity index (χ2n) is 5.37. The van der Waals surface area contributed by atoms with E-state index in [1.165, 1.54) is 0 Å². The topological polar surface area (TPSA) is 51.2 Å². The van der Waals surface area contributed by atoms with Gasteiger partial charge < -0.3 is 14.2 Å². The van der Waals surface area contributed by atoms with Gasteiger partial charge in [-0.05, 0) is 32.9 Å². The first kappa shape index (κ1) is 12.9. The van der Waals surface area contributed by atoms with Gasteiger partial charge in [0.2, 0.25) is 0 Å². The second kappa shape index (κ2) is 4.98. The Labute approximate surface area is 107 Å². The summed E-state index contributed by atoms with van der Waals surface area (Å²) in [6.45, 7) is 9.10. The molecule has 0 saturated carbocycles. The van der Waals surface area contributed by atoms with Crippen molar-refractivity contribution in [3.05, 3.63) is 29.9 Å². The minimum absolute atomic E-state index is 0.0686. The van der Waals surface area contributed by atoms with Gasteiger partial charge in [0.15, 0.2) is 5.76 Å². The summed E-state index contributed by atoms with van der Waals surface area (Å²) in [6, 6.07) is 3.85. The van der Waals surface area contributed by atoms with Crippen LogP contribution in [0.15, 0.2) is 27.2 Å². The summed E-state index contributed by atoms with van der Waals surface area (Å²) < 4.78 is 11.0. The van der Waals surface area contributed by atoms with Gasteiger partial charge in [0, 0.05) is 18.5 Å². The number of hydrogen-bond acceptors (Lipinski definition) is 4. The molecule has 0 aliphatic heterocycles. The van der Waals surface area contributed by atoms with Crippen molar-refractivity contribution in [2.75, 3.05) is 0 Å². The Kier molecular flexibility index (Phi) is 3.57. The third-order valence-corrected chi connectivity index (χ3v) is 2.57. The lowest BCUT2D eigenvalue weighted by molar-refractivity contribution is 0.421. The van der Waals surface area contributed by atoms with Crippen LogP contribution in [-0.4, -0.2) is 10.5 Å². The first-order valence-electron chi connectivity index (χ1n) is 6.26. The molecular formula is C14H20N2O2. The van der Waals surface area contributed by atoms with E-state index < -0.39 is 0 Å². The van der Waals surface area contributed by atoms with E-state index in [1.54, 1.807) is 6.26 Å². The predicted molar refractivity (Wildman–Crippen MR) is 70.2 cm³/mol. The molecule has 0 radical (unpaired) electrons. The van der Waals surface area contributed by atoms with Gasteiger partial charge in [-0.25, -0.2) is 4.98 Å². The molecule has 2 aromatic rings. The monoisotopic (exact) mass is 248 g/mol. The van der Waals surface area contributed by atoms with Gasteiger partial charge in [-0.15, -0.1) is 0 Å². The summed E-state index contributed by atoms with van der Waals surface area (Å²) >= 11 is 0. The minimum Gasteiger partial charge on any atom is -0.456 e. The Morgan fingerprint density at radius 1 is 1.28 bits per heavy atom. The van der Waals surface area contributed by atoms with Crippen molar-refractivity contribution in [3.8, 4) is 11.7 Å². The molecule has 98 valence electrons. The standard InChI is InChI=1S/C14H20N2O2/c1-5-11-6-7-12(18-11)13-16-10(9-17-13)8-15-14(2,3)4/h6-7,9,15H,5,8H2,1-4H3. The lowest BCUT2D eigenvalue weighted by atomic mass is 10.1. The molecule has 4 heteroatoms. The highest BCUT2D eigenvalue weighted by Crippen LogP contribution is 2.21. The van der Waals surface area contributed by atoms with Crippen LogP contribution in [0.1, 0.15) is 39.1 Å². The number of furan rings is 1. The van der Waals surface area contributed by atoms with Crippen LogP contribution in [0.2, 0.25) is 0 Å². The minimum atomic E-state index is 0.0686. The van der Waals surface area contributed by atoms with Crippen LogP contribution < -0.4 is 5.32 Å². The van der Waals surface area contributed by atoms with Gasteiger partial charge >= 0.3 is 0 Å². The lowest BCUT2D eigenvalue weighted by Crippen LogP contribution is -2.35. The molecule has 0 spiro atoms. The van der Waals surface area contributed by atoms with Crippen LogP contribution in [0.3, 0.4) is 0 Å². The summed E-state index contributed by atoms with van der Waals surface area (Å²) in [5, 5.41) is 3.37. The lowest BCUT2D eigenvalue weighted by Gasteiger charge is -2.19. The molecule has 18 heavy (non-hydrogen) atoms. The van der Waals surface area contributed by atoms with Crippen LogP contribution in [0.25, 0.3) is 11.7 Å². The van der Waals surface area contributed by atoms with Gasteiger partial charge in [0.1, 0.15) is 12.0 Å². The Morgan fingerprint density at radius 2 is 2.06 bits per heavy atom. The maximum atomic E-state index is 5.60. The second-order valence-corrected chi connectivity index (χ2v) is 5.37. The molecule has 0 aliphatic carbocycles. The van der Waals surface area contributed by atoms with Crippen LogP contribution in [0, 0.1) is 0 Å². The maximum Gasteiger partial charge on any atom is 0.263 e. The van der Waals surface area contributed by atoms with Crippen molar-refractivity contribution in [3.63, 3.8) is 0 Å². The summed E-state index contributed by atoms with van der Waals surface area (Å²) in [5.74, 6) is 2.17. The van der Waals surface area contributed by atoms with Crippen molar-refractivity contribution in [1.29, 1.82) is 0 Å². The van der Waals surface area contributed by atoms with E-state index in [0.29, 0.717) is 18.2 Å². The summed E-state index contributed by atoms with van der Waals surface area (Å²) in [5.41, 5.74) is 0.952. The van der Waals surface area contributed by atoms with Gasteiger partial charge in [-0.1, -0.05) is 6.92 Å². The molecule has 0 bridgehead atoms. The van der Waals surface area contributed by atoms with Crippen molar-refractivity contribution in [2.24, 2.45) is 0 Å². The predicted octanol–water partition coefficient (Wildman–Crippen LogP) is 3.39. The normalized spacial score (nSPS) is 12.0. The zero-order valence-corrected chi connectivity index (χ0v) is 11.4. The van der Waals surface area contributed by atoms with Crippen LogP contribution >= 0.6 is 0 Å². The molecule has 0 aliphatic rings. The molecule has 2 aromatic heterocycles. The molecule has 0 unspecified atom stereocenters. The van der Waals surface area contributed by atoms with Gasteiger partial charge in [0.25, 0.3) is 5.89 Å². The molecule has 0 atom stereocenters. The highest BCUT2D eigenvalue weighted by molar-refractivity contribution is 5.44. The number of aryl methyl sites for hydroxylation is 1. The molecule has 0 saturated heterocycles. The van der Waals surface area contributed by atoms with Crippen LogP contribution in [-0.2, 0) is 13.0 Å². The first-order chi connectivity index (χ1) is 8.48. The number of rotatable bonds is 4. The Balaban J connectivity index is 2.06. The van der Waals surface area contributed by atoms with E-state index in [2.05, 4.69) is 38.0 Å². The first-order valence-corrected chi connectivity index (χ1v) is 6.26. The number of hydrogen-bond donors (Lipinski definition) is 1. The fraction of sp³-hybridized carbons (Fsp3) is 0.500. The Bertz CT molecular complexity index is 506. The third-order valence-electron chi connectivity index (χ3n) is 2.57. The van der Waals surface area contributed by atoms with Crippen LogP contribution in [0.5, 0.6) is 0 Å². The number of nitrogens with zero attached hydrogens (tertiary/aromatic N) is 1. The van der Waals surface area contributed by atoms with E-state index in [4.69, 9.17) is 8.83 Å². The highest BCUT2D eigenvalue weighted by Gasteiger charge is 2.13. The average molecular weight is 248 g/mol. The zero-order chi connectivity index (χ0) is 13.2. The van der Waals surface area contributed by atoms with E-state index in [9.17, 15) is 0 Å². The number of oxazole rings is 1. The fourth-order valence-corrected chi connectivity index (χ4v) is 1.54. The van der Waals surface area contributed by atoms with Crippen molar-refractivity contribution in [2.45, 2.75) is 46.2 Å². The van der Waals surface area contributed by atoms with Gasteiger partial charge in [0.05, 0.1) is 5.69 Å². The van der Waals surface area contributed by atoms with E-state index in [1.807, 2.05) is 12.1 Å².